The summed E-state index contributed by atoms with van der Waals surface area (Å²) in [6.45, 7) is 16.7. The number of carbonyl (C=O) groups is 2. The number of carbonyl (C=O) groups excluding carboxylic acids is 2. The number of hydrogen-bond acceptors (Lipinski definition) is 3. The number of esters is 1. The zero-order chi connectivity index (χ0) is 28.2. The molecule has 3 fully saturated rings. The number of Topliss-reactive ketones (excluding diaryl/α,β-unsaturated/α-hetero) is 1. The summed E-state index contributed by atoms with van der Waals surface area (Å²) in [5.74, 6) is 3.46. The molecule has 3 nitrogen and oxygen atoms in total. The fourth-order valence-corrected chi connectivity index (χ4v) is 9.55. The number of allylic oxidation sites excluding steroid dienone is 2. The lowest BCUT2D eigenvalue weighted by atomic mass is 9.42. The van der Waals surface area contributed by atoms with Gasteiger partial charge in [-0.3, -0.25) is 4.79 Å². The maximum absolute atomic E-state index is 14.4. The first-order valence-electron chi connectivity index (χ1n) is 15.9. The van der Waals surface area contributed by atoms with Crippen LogP contribution in [0.3, 0.4) is 0 Å². The molecule has 0 saturated heterocycles. The van der Waals surface area contributed by atoms with E-state index >= 15 is 0 Å². The number of rotatable bonds is 7. The summed E-state index contributed by atoms with van der Waals surface area (Å²) in [5.41, 5.74) is 3.42. The van der Waals surface area contributed by atoms with Crippen molar-refractivity contribution in [3.8, 4) is 0 Å². The van der Waals surface area contributed by atoms with E-state index in [1.165, 1.54) is 31.3 Å². The lowest BCUT2D eigenvalue weighted by Gasteiger charge is -2.61. The molecular formula is C36H52O3. The number of hydrogen-bond donors (Lipinski definition) is 0. The lowest BCUT2D eigenvalue weighted by Crippen LogP contribution is -2.58. The lowest BCUT2D eigenvalue weighted by molar-refractivity contribution is -0.148. The second kappa shape index (κ2) is 10.5. The zero-order valence-corrected chi connectivity index (χ0v) is 25.6. The number of fused-ring (bicyclic) bond motifs is 4. The average molecular weight is 533 g/mol. The van der Waals surface area contributed by atoms with Gasteiger partial charge in [-0.25, -0.2) is 4.79 Å². The molecule has 0 N–H and O–H groups in total. The molecule has 1 aromatic rings. The van der Waals surface area contributed by atoms with Crippen molar-refractivity contribution in [3.63, 3.8) is 0 Å². The van der Waals surface area contributed by atoms with Gasteiger partial charge in [0.2, 0.25) is 0 Å². The maximum atomic E-state index is 14.4. The zero-order valence-electron chi connectivity index (χ0n) is 25.6. The van der Waals surface area contributed by atoms with E-state index in [1.807, 2.05) is 30.3 Å². The maximum Gasteiger partial charge on any atom is 0.338 e. The Balaban J connectivity index is 1.35. The molecule has 0 amide bonds. The highest BCUT2D eigenvalue weighted by Gasteiger charge is 2.64. The molecule has 0 unspecified atom stereocenters. The molecule has 214 valence electrons. The van der Waals surface area contributed by atoms with Crippen LogP contribution in [0, 0.1) is 45.8 Å². The normalized spacial score (nSPS) is 37.6. The Labute approximate surface area is 237 Å². The van der Waals surface area contributed by atoms with Crippen molar-refractivity contribution in [1.29, 1.82) is 0 Å². The third kappa shape index (κ3) is 4.64. The predicted octanol–water partition coefficient (Wildman–Crippen LogP) is 9.21. The van der Waals surface area contributed by atoms with Crippen molar-refractivity contribution in [1.82, 2.24) is 0 Å². The van der Waals surface area contributed by atoms with E-state index in [2.05, 4.69) is 48.5 Å². The van der Waals surface area contributed by atoms with Crippen molar-refractivity contribution in [2.45, 2.75) is 119 Å². The van der Waals surface area contributed by atoms with Gasteiger partial charge in [0.1, 0.15) is 11.9 Å². The Kier molecular flexibility index (Phi) is 7.70. The number of ketones is 1. The second-order valence-corrected chi connectivity index (χ2v) is 14.8. The van der Waals surface area contributed by atoms with Crippen LogP contribution in [0.2, 0.25) is 0 Å². The van der Waals surface area contributed by atoms with Gasteiger partial charge in [0, 0.05) is 6.42 Å². The first-order valence-corrected chi connectivity index (χ1v) is 15.9. The highest BCUT2D eigenvalue weighted by atomic mass is 16.5. The Morgan fingerprint density at radius 1 is 0.949 bits per heavy atom. The van der Waals surface area contributed by atoms with Crippen LogP contribution in [0.4, 0.5) is 0 Å². The topological polar surface area (TPSA) is 43.4 Å². The van der Waals surface area contributed by atoms with Crippen LogP contribution >= 0.6 is 0 Å². The second-order valence-electron chi connectivity index (χ2n) is 14.8. The molecule has 0 radical (unpaired) electrons. The molecule has 0 heterocycles. The Morgan fingerprint density at radius 2 is 1.64 bits per heavy atom. The van der Waals surface area contributed by atoms with Crippen molar-refractivity contribution in [2.75, 3.05) is 0 Å². The molecular weight excluding hydrogens is 480 g/mol. The molecule has 0 spiro atoms. The van der Waals surface area contributed by atoms with E-state index in [4.69, 9.17) is 4.74 Å². The van der Waals surface area contributed by atoms with Gasteiger partial charge in [0.25, 0.3) is 0 Å². The van der Waals surface area contributed by atoms with E-state index in [9.17, 15) is 9.59 Å². The van der Waals surface area contributed by atoms with Gasteiger partial charge in [-0.05, 0) is 104 Å². The number of ether oxygens (including phenoxy) is 1. The third-order valence-corrected chi connectivity index (χ3v) is 12.8. The molecule has 0 aliphatic heterocycles. The molecule has 5 rings (SSSR count). The monoisotopic (exact) mass is 532 g/mol. The molecule has 0 bridgehead atoms. The van der Waals surface area contributed by atoms with E-state index in [1.54, 1.807) is 5.57 Å². The molecule has 1 aromatic carbocycles. The molecule has 4 aliphatic carbocycles. The van der Waals surface area contributed by atoms with Crippen molar-refractivity contribution in [2.24, 2.45) is 45.8 Å². The molecule has 4 aliphatic rings. The van der Waals surface area contributed by atoms with Gasteiger partial charge < -0.3 is 4.74 Å². The summed E-state index contributed by atoms with van der Waals surface area (Å²) >= 11 is 0. The summed E-state index contributed by atoms with van der Waals surface area (Å²) in [4.78, 5) is 27.2. The molecule has 0 aromatic heterocycles. The minimum atomic E-state index is -0.372. The summed E-state index contributed by atoms with van der Waals surface area (Å²) in [7, 11) is 0. The smallest absolute Gasteiger partial charge is 0.338 e. The van der Waals surface area contributed by atoms with E-state index in [-0.39, 0.29) is 28.3 Å². The van der Waals surface area contributed by atoms with Crippen LogP contribution < -0.4 is 0 Å². The molecule has 3 heteroatoms. The van der Waals surface area contributed by atoms with Crippen LogP contribution in [0.15, 0.2) is 41.5 Å². The Hall–Kier alpha value is -1.90. The van der Waals surface area contributed by atoms with Crippen molar-refractivity contribution in [3.05, 3.63) is 47.0 Å². The van der Waals surface area contributed by atoms with Gasteiger partial charge in [-0.15, -0.1) is 0 Å². The van der Waals surface area contributed by atoms with E-state index < -0.39 is 0 Å². The minimum absolute atomic E-state index is 0.0397. The van der Waals surface area contributed by atoms with Crippen LogP contribution in [-0.4, -0.2) is 17.9 Å². The van der Waals surface area contributed by atoms with Crippen LogP contribution in [0.1, 0.15) is 123 Å². The average Bonchev–Trinajstić information content (AvgIpc) is 3.25. The van der Waals surface area contributed by atoms with Crippen LogP contribution in [0.5, 0.6) is 0 Å². The van der Waals surface area contributed by atoms with E-state index in [0.717, 1.165) is 43.9 Å². The van der Waals surface area contributed by atoms with Crippen molar-refractivity contribution < 1.29 is 14.3 Å². The Bertz CT molecular complexity index is 1120. The van der Waals surface area contributed by atoms with Crippen LogP contribution in [0.25, 0.3) is 0 Å². The summed E-state index contributed by atoms with van der Waals surface area (Å²) in [5, 5.41) is 0. The van der Waals surface area contributed by atoms with E-state index in [0.29, 0.717) is 35.5 Å². The first kappa shape index (κ1) is 28.6. The predicted molar refractivity (Wildman–Crippen MR) is 158 cm³/mol. The molecule has 8 atom stereocenters. The number of benzene rings is 1. The van der Waals surface area contributed by atoms with Gasteiger partial charge in [-0.2, -0.15) is 0 Å². The molecule has 39 heavy (non-hydrogen) atoms. The summed E-state index contributed by atoms with van der Waals surface area (Å²) in [6, 6.07) is 9.34. The van der Waals surface area contributed by atoms with Crippen molar-refractivity contribution >= 4 is 11.8 Å². The minimum Gasteiger partial charge on any atom is -0.459 e. The Morgan fingerprint density at radius 3 is 2.33 bits per heavy atom. The van der Waals surface area contributed by atoms with Gasteiger partial charge in [-0.1, -0.05) is 83.7 Å². The standard InChI is InChI=1S/C36H52O3/c1-23(2)24(3)13-14-25(4)29-17-18-30-31-16-15-27-21-28(39-33(38)26-11-9-8-10-12-26)19-20-35(27,6)36(31,7)32(37)22-34(29,30)5/h8-12,23-25,27-29H,13-22H2,1-7H3/t24-,25+,27-,28+,29-,34+,35+,36+/m0/s1. The van der Waals surface area contributed by atoms with Crippen LogP contribution in [-0.2, 0) is 9.53 Å². The highest BCUT2D eigenvalue weighted by molar-refractivity contribution is 5.92. The van der Waals surface area contributed by atoms with Gasteiger partial charge >= 0.3 is 5.97 Å². The first-order chi connectivity index (χ1) is 18.4. The fourth-order valence-electron chi connectivity index (χ4n) is 9.55. The van der Waals surface area contributed by atoms with Gasteiger partial charge in [0.15, 0.2) is 0 Å². The highest BCUT2D eigenvalue weighted by Crippen LogP contribution is 2.69. The summed E-state index contributed by atoms with van der Waals surface area (Å²) < 4.78 is 6.01. The SMILES string of the molecule is CC(C)[C@@H](C)CC[C@@H](C)[C@@H]1CCC2=C3CC[C@H]4C[C@H](OC(=O)c5ccccc5)CC[C@@]4(C)[C@@]3(C)C(=O)C[C@@]21C. The summed E-state index contributed by atoms with van der Waals surface area (Å²) in [6.07, 6.45) is 10.5. The fraction of sp³-hybridized carbons (Fsp3) is 0.722. The largest absolute Gasteiger partial charge is 0.459 e. The quantitative estimate of drug-likeness (QED) is 0.260. The third-order valence-electron chi connectivity index (χ3n) is 12.8. The molecule has 3 saturated carbocycles. The van der Waals surface area contributed by atoms with Gasteiger partial charge in [0.05, 0.1) is 11.0 Å².